The van der Waals surface area contributed by atoms with Crippen molar-refractivity contribution in [2.45, 2.75) is 70.2 Å². The summed E-state index contributed by atoms with van der Waals surface area (Å²) in [5, 5.41) is 5.88. The zero-order chi connectivity index (χ0) is 18.6. The van der Waals surface area contributed by atoms with Gasteiger partial charge in [-0.2, -0.15) is 0 Å². The van der Waals surface area contributed by atoms with E-state index < -0.39 is 29.7 Å². The lowest BCUT2D eigenvalue weighted by molar-refractivity contribution is -0.158. The topological polar surface area (TPSA) is 97.0 Å². The summed E-state index contributed by atoms with van der Waals surface area (Å²) in [4.78, 5) is 38.9. The van der Waals surface area contributed by atoms with Crippen LogP contribution in [0.4, 0.5) is 4.79 Å². The number of methoxy groups -OCH3 is 1. The number of hydrogen-bond acceptors (Lipinski definition) is 6. The lowest BCUT2D eigenvalue weighted by Crippen LogP contribution is -2.66. The molecule has 2 aliphatic heterocycles. The van der Waals surface area contributed by atoms with Crippen molar-refractivity contribution in [2.24, 2.45) is 0 Å². The highest BCUT2D eigenvalue weighted by molar-refractivity contribution is 5.90. The zero-order valence-electron chi connectivity index (χ0n) is 15.5. The van der Waals surface area contributed by atoms with E-state index in [2.05, 4.69) is 10.6 Å². The van der Waals surface area contributed by atoms with E-state index in [4.69, 9.17) is 9.47 Å². The van der Waals surface area contributed by atoms with Crippen LogP contribution in [-0.4, -0.2) is 66.8 Å². The lowest BCUT2D eigenvalue weighted by Gasteiger charge is -2.43. The molecule has 3 atom stereocenters. The molecule has 8 nitrogen and oxygen atoms in total. The molecule has 8 heteroatoms. The minimum atomic E-state index is -0.692. The van der Waals surface area contributed by atoms with E-state index in [-0.39, 0.29) is 11.9 Å². The van der Waals surface area contributed by atoms with Crippen LogP contribution in [0.2, 0.25) is 0 Å². The van der Waals surface area contributed by atoms with Crippen LogP contribution < -0.4 is 10.6 Å². The fraction of sp³-hybridized carbons (Fsp3) is 0.824. The number of nitrogens with one attached hydrogen (secondary N) is 2. The quantitative estimate of drug-likeness (QED) is 0.711. The second kappa shape index (κ2) is 8.03. The number of esters is 1. The summed E-state index contributed by atoms with van der Waals surface area (Å²) in [6, 6.07) is -1.44. The van der Waals surface area contributed by atoms with Crippen molar-refractivity contribution in [3.63, 3.8) is 0 Å². The third-order valence-electron chi connectivity index (χ3n) is 4.44. The van der Waals surface area contributed by atoms with Crippen molar-refractivity contribution >= 4 is 18.0 Å². The predicted molar refractivity (Wildman–Crippen MR) is 90.9 cm³/mol. The van der Waals surface area contributed by atoms with Gasteiger partial charge in [0.05, 0.1) is 7.11 Å². The smallest absolute Gasteiger partial charge is 0.408 e. The Labute approximate surface area is 148 Å². The van der Waals surface area contributed by atoms with E-state index in [0.29, 0.717) is 19.5 Å². The molecule has 0 aliphatic carbocycles. The first-order valence-electron chi connectivity index (χ1n) is 8.83. The van der Waals surface area contributed by atoms with Crippen molar-refractivity contribution < 1.29 is 23.9 Å². The third kappa shape index (κ3) is 5.07. The van der Waals surface area contributed by atoms with Gasteiger partial charge >= 0.3 is 12.1 Å². The molecule has 2 fully saturated rings. The number of rotatable bonds is 2. The monoisotopic (exact) mass is 355 g/mol. The number of hydrogen-bond donors (Lipinski definition) is 2. The van der Waals surface area contributed by atoms with Gasteiger partial charge in [0.15, 0.2) is 0 Å². The summed E-state index contributed by atoms with van der Waals surface area (Å²) in [7, 11) is 1.32. The molecule has 0 radical (unpaired) electrons. The van der Waals surface area contributed by atoms with Crippen LogP contribution >= 0.6 is 0 Å². The van der Waals surface area contributed by atoms with Gasteiger partial charge in [-0.15, -0.1) is 0 Å². The first kappa shape index (κ1) is 19.5. The van der Waals surface area contributed by atoms with Crippen LogP contribution in [0.5, 0.6) is 0 Å². The lowest BCUT2D eigenvalue weighted by atomic mass is 9.94. The van der Waals surface area contributed by atoms with E-state index in [9.17, 15) is 14.4 Å². The summed E-state index contributed by atoms with van der Waals surface area (Å²) in [5.41, 5.74) is -0.638. The first-order valence-corrected chi connectivity index (χ1v) is 8.83. The summed E-state index contributed by atoms with van der Waals surface area (Å²) < 4.78 is 10.1. The van der Waals surface area contributed by atoms with Crippen molar-refractivity contribution in [2.75, 3.05) is 20.2 Å². The molecule has 25 heavy (non-hydrogen) atoms. The Morgan fingerprint density at radius 1 is 1.20 bits per heavy atom. The number of ether oxygens (including phenoxy) is 2. The molecule has 142 valence electrons. The molecular formula is C17H29N3O5. The maximum absolute atomic E-state index is 13.1. The Kier molecular flexibility index (Phi) is 6.26. The zero-order valence-corrected chi connectivity index (χ0v) is 15.5. The molecule has 0 spiro atoms. The average molecular weight is 355 g/mol. The van der Waals surface area contributed by atoms with Crippen LogP contribution in [-0.2, 0) is 19.1 Å². The Morgan fingerprint density at radius 2 is 1.88 bits per heavy atom. The third-order valence-corrected chi connectivity index (χ3v) is 4.44. The highest BCUT2D eigenvalue weighted by Crippen LogP contribution is 2.23. The van der Waals surface area contributed by atoms with Gasteiger partial charge in [0.25, 0.3) is 0 Å². The van der Waals surface area contributed by atoms with E-state index >= 15 is 0 Å². The average Bonchev–Trinajstić information content (AvgIpc) is 2.52. The summed E-state index contributed by atoms with van der Waals surface area (Å²) in [5.74, 6) is -0.686. The van der Waals surface area contributed by atoms with Crippen molar-refractivity contribution in [3.8, 4) is 0 Å². The SMILES string of the molecule is COC(=O)[C@@H]1CNC[C@@H]2CCCC[C@H](NC(=O)OC(C)(C)C)C(=O)N21. The van der Waals surface area contributed by atoms with E-state index in [1.165, 1.54) is 7.11 Å². The van der Waals surface area contributed by atoms with E-state index in [1.54, 1.807) is 25.7 Å². The number of piperazine rings is 1. The molecule has 0 aromatic rings. The fourth-order valence-corrected chi connectivity index (χ4v) is 3.36. The molecule has 2 aliphatic rings. The second-order valence-electron chi connectivity index (χ2n) is 7.58. The summed E-state index contributed by atoms with van der Waals surface area (Å²) >= 11 is 0. The van der Waals surface area contributed by atoms with Crippen molar-refractivity contribution in [1.29, 1.82) is 0 Å². The van der Waals surface area contributed by atoms with Crippen LogP contribution in [0.25, 0.3) is 0 Å². The van der Waals surface area contributed by atoms with Gasteiger partial charge in [-0.3, -0.25) is 4.79 Å². The minimum absolute atomic E-state index is 0.0754. The van der Waals surface area contributed by atoms with Gasteiger partial charge in [-0.25, -0.2) is 9.59 Å². The van der Waals surface area contributed by atoms with Gasteiger partial charge in [-0.1, -0.05) is 12.8 Å². The summed E-state index contributed by atoms with van der Waals surface area (Å²) in [6.45, 7) is 6.30. The second-order valence-corrected chi connectivity index (χ2v) is 7.58. The molecule has 0 unspecified atom stereocenters. The Balaban J connectivity index is 2.17. The number of fused-ring (bicyclic) bond motifs is 1. The van der Waals surface area contributed by atoms with Crippen LogP contribution in [0, 0.1) is 0 Å². The van der Waals surface area contributed by atoms with Crippen LogP contribution in [0.1, 0.15) is 46.5 Å². The number of amides is 2. The number of nitrogens with zero attached hydrogens (tertiary/aromatic N) is 1. The number of carbonyl (C=O) groups excluding carboxylic acids is 3. The Hall–Kier alpha value is -1.83. The number of carbonyl (C=O) groups is 3. The van der Waals surface area contributed by atoms with Crippen LogP contribution in [0.15, 0.2) is 0 Å². The molecular weight excluding hydrogens is 326 g/mol. The minimum Gasteiger partial charge on any atom is -0.467 e. The molecule has 0 aromatic heterocycles. The highest BCUT2D eigenvalue weighted by atomic mass is 16.6. The Bertz CT molecular complexity index is 517. The molecule has 2 heterocycles. The van der Waals surface area contributed by atoms with Gasteiger partial charge < -0.3 is 25.0 Å². The maximum Gasteiger partial charge on any atom is 0.408 e. The predicted octanol–water partition coefficient (Wildman–Crippen LogP) is 0.796. The van der Waals surface area contributed by atoms with E-state index in [0.717, 1.165) is 19.3 Å². The standard InChI is InChI=1S/C17H29N3O5/c1-17(2,3)25-16(23)19-12-8-6-5-7-11-9-18-10-13(15(22)24-4)20(11)14(12)21/h11-13,18H,5-10H2,1-4H3,(H,19,23)/t11-,12-,13-/m0/s1. The molecule has 0 aromatic carbocycles. The van der Waals surface area contributed by atoms with Gasteiger partial charge in [0.2, 0.25) is 5.91 Å². The van der Waals surface area contributed by atoms with Crippen molar-refractivity contribution in [3.05, 3.63) is 0 Å². The molecule has 2 N–H and O–H groups in total. The molecule has 2 saturated heterocycles. The molecule has 2 amide bonds. The maximum atomic E-state index is 13.1. The highest BCUT2D eigenvalue weighted by Gasteiger charge is 2.42. The van der Waals surface area contributed by atoms with Gasteiger partial charge in [0.1, 0.15) is 17.7 Å². The summed E-state index contributed by atoms with van der Waals surface area (Å²) in [6.07, 6.45) is 2.50. The number of alkyl carbamates (subject to hydrolysis) is 1. The largest absolute Gasteiger partial charge is 0.467 e. The molecule has 0 saturated carbocycles. The van der Waals surface area contributed by atoms with Crippen molar-refractivity contribution in [1.82, 2.24) is 15.5 Å². The fourth-order valence-electron chi connectivity index (χ4n) is 3.36. The molecule has 0 bridgehead atoms. The Morgan fingerprint density at radius 3 is 2.52 bits per heavy atom. The van der Waals surface area contributed by atoms with Gasteiger partial charge in [0, 0.05) is 19.1 Å². The van der Waals surface area contributed by atoms with E-state index in [1.807, 2.05) is 0 Å². The van der Waals surface area contributed by atoms with Crippen LogP contribution in [0.3, 0.4) is 0 Å². The normalized spacial score (nSPS) is 27.6. The van der Waals surface area contributed by atoms with Gasteiger partial charge in [-0.05, 0) is 33.6 Å². The first-order chi connectivity index (χ1) is 11.7. The molecule has 2 rings (SSSR count).